The minimum Gasteiger partial charge on any atom is -0.548 e. The minimum atomic E-state index is -1.72. The smallest absolute Gasteiger partial charge is 0.303 e. The highest BCUT2D eigenvalue weighted by Gasteiger charge is 2.38. The molecule has 0 saturated heterocycles. The van der Waals surface area contributed by atoms with Gasteiger partial charge >= 0.3 is 5.97 Å². The summed E-state index contributed by atoms with van der Waals surface area (Å²) >= 11 is 0. The Bertz CT molecular complexity index is 1280. The first-order valence-corrected chi connectivity index (χ1v) is 17.1. The van der Waals surface area contributed by atoms with Crippen molar-refractivity contribution in [1.82, 2.24) is 26.2 Å². The number of guanidine groups is 2. The van der Waals surface area contributed by atoms with Crippen molar-refractivity contribution in [1.29, 1.82) is 0 Å². The molecule has 0 bridgehead atoms. The molecule has 0 fully saturated rings. The van der Waals surface area contributed by atoms with Crippen LogP contribution >= 0.6 is 0 Å². The summed E-state index contributed by atoms with van der Waals surface area (Å²) in [5, 5.41) is 42.3. The molecule has 0 saturated carbocycles. The number of aliphatic carboxylic acids is 2. The Morgan fingerprint density at radius 3 is 1.83 bits per heavy atom. The predicted molar refractivity (Wildman–Crippen MR) is 192 cm³/mol. The van der Waals surface area contributed by atoms with E-state index >= 15 is 0 Å². The first-order chi connectivity index (χ1) is 23.9. The number of nitrogens with one attached hydrogen (secondary N) is 4. The molecule has 0 heterocycles. The van der Waals surface area contributed by atoms with Gasteiger partial charge in [-0.3, -0.25) is 34.0 Å². The zero-order chi connectivity index (χ0) is 40.5. The number of aliphatic hydroxyl groups excluding tert-OH is 1. The lowest BCUT2D eigenvalue weighted by Gasteiger charge is -2.35. The molecule has 4 amide bonds. The van der Waals surface area contributed by atoms with Crippen LogP contribution in [0, 0.1) is 11.8 Å². The second-order valence-corrected chi connectivity index (χ2v) is 14.2. The zero-order valence-electron chi connectivity index (χ0n) is 31.8. The van der Waals surface area contributed by atoms with Gasteiger partial charge in [0.25, 0.3) is 5.91 Å². The third kappa shape index (κ3) is 17.0. The molecule has 0 aromatic carbocycles. The number of carbonyl (C=O) groups excluding carboxylic acids is 5. The number of carboxylic acid groups (broad SMARTS) is 2. The van der Waals surface area contributed by atoms with Gasteiger partial charge in [-0.25, -0.2) is 0 Å². The maximum absolute atomic E-state index is 13.8. The lowest BCUT2D eigenvalue weighted by Crippen LogP contribution is -2.62. The van der Waals surface area contributed by atoms with Gasteiger partial charge in [0, 0.05) is 46.4 Å². The van der Waals surface area contributed by atoms with Crippen LogP contribution < -0.4 is 43.6 Å². The summed E-state index contributed by atoms with van der Waals surface area (Å²) in [4.78, 5) is 86.0. The third-order valence-corrected chi connectivity index (χ3v) is 8.26. The summed E-state index contributed by atoms with van der Waals surface area (Å²) in [7, 11) is 8.03. The van der Waals surface area contributed by atoms with E-state index in [0.29, 0.717) is 19.4 Å². The summed E-state index contributed by atoms with van der Waals surface area (Å²) < 4.78 is 0.245. The van der Waals surface area contributed by atoms with Crippen molar-refractivity contribution in [2.75, 3.05) is 48.3 Å². The molecule has 20 nitrogen and oxygen atoms in total. The second-order valence-electron chi connectivity index (χ2n) is 14.2. The van der Waals surface area contributed by atoms with Crippen LogP contribution in [0.4, 0.5) is 0 Å². The monoisotopic (exact) mass is 743 g/mol. The topological polar surface area (TPSA) is 320 Å². The van der Waals surface area contributed by atoms with E-state index in [1.54, 1.807) is 27.7 Å². The van der Waals surface area contributed by atoms with Crippen LogP contribution in [0.5, 0.6) is 0 Å². The van der Waals surface area contributed by atoms with Crippen LogP contribution in [0.1, 0.15) is 59.8 Å². The Morgan fingerprint density at radius 1 is 0.865 bits per heavy atom. The molecule has 0 aliphatic carbocycles. The second kappa shape index (κ2) is 22.3. The van der Waals surface area contributed by atoms with Crippen LogP contribution in [0.15, 0.2) is 9.98 Å². The molecule has 0 unspecified atom stereocenters. The Labute approximate surface area is 305 Å². The predicted octanol–water partition coefficient (Wildman–Crippen LogP) is -4.39. The number of carbonyl (C=O) groups is 6. The minimum absolute atomic E-state index is 0.0122. The maximum Gasteiger partial charge on any atom is 0.303 e. The highest BCUT2D eigenvalue weighted by Crippen LogP contribution is 2.15. The van der Waals surface area contributed by atoms with Gasteiger partial charge in [0.15, 0.2) is 18.0 Å². The lowest BCUT2D eigenvalue weighted by atomic mass is 9.98. The number of likely N-dealkylation sites (N-methyl/N-ethyl adjacent to an activating group) is 2. The van der Waals surface area contributed by atoms with E-state index in [1.807, 2.05) is 21.1 Å². The third-order valence-electron chi connectivity index (χ3n) is 8.26. The molecule has 0 spiro atoms. The van der Waals surface area contributed by atoms with Gasteiger partial charge in [0.05, 0.1) is 39.3 Å². The average Bonchev–Trinajstić information content (AvgIpc) is 3.02. The molecule has 0 radical (unpaired) electrons. The Morgan fingerprint density at radius 2 is 1.38 bits per heavy atom. The highest BCUT2D eigenvalue weighted by atomic mass is 16.4. The largest absolute Gasteiger partial charge is 0.548 e. The summed E-state index contributed by atoms with van der Waals surface area (Å²) in [6, 6.07) is -6.09. The number of hydrogen-bond donors (Lipinski definition) is 9. The Balaban J connectivity index is 6.30. The molecule has 0 aliphatic rings. The maximum atomic E-state index is 13.8. The SMILES string of the molecule is CN=C(N)NC[C@H](O)C[C@@H](NC(=O)[C@@H](NC(=O)[C@@H](NC(=O)[C@@H](CCCN=C(N)N)[N+](C)(C)C)C(C)C)C(C)C)C(=O)N(C)[C@H](CCC(=O)O)C(=O)[O-]. The Hall–Kier alpha value is -4.72. The number of hydrogen-bond acceptors (Lipinski definition) is 10. The van der Waals surface area contributed by atoms with Crippen LogP contribution in [0.3, 0.4) is 0 Å². The van der Waals surface area contributed by atoms with Crippen molar-refractivity contribution < 1.29 is 48.6 Å². The van der Waals surface area contributed by atoms with Gasteiger partial charge in [-0.05, 0) is 24.7 Å². The molecular weight excluding hydrogens is 682 g/mol. The molecule has 0 rings (SSSR count). The van der Waals surface area contributed by atoms with Crippen LogP contribution in [0.25, 0.3) is 0 Å². The molecule has 298 valence electrons. The average molecular weight is 744 g/mol. The fourth-order valence-corrected chi connectivity index (χ4v) is 5.19. The van der Waals surface area contributed by atoms with Gasteiger partial charge < -0.3 is 68.0 Å². The van der Waals surface area contributed by atoms with Crippen molar-refractivity contribution in [2.45, 2.75) is 96.1 Å². The number of aliphatic imine (C=N–C) groups is 2. The fourth-order valence-electron chi connectivity index (χ4n) is 5.19. The van der Waals surface area contributed by atoms with Crippen molar-refractivity contribution >= 4 is 47.5 Å². The van der Waals surface area contributed by atoms with E-state index in [-0.39, 0.29) is 22.9 Å². The van der Waals surface area contributed by atoms with Crippen LogP contribution in [-0.2, 0) is 28.8 Å². The molecule has 6 atom stereocenters. The van der Waals surface area contributed by atoms with Crippen molar-refractivity contribution in [3.63, 3.8) is 0 Å². The summed E-state index contributed by atoms with van der Waals surface area (Å²) in [5.41, 5.74) is 16.4. The van der Waals surface area contributed by atoms with Crippen molar-refractivity contribution in [2.24, 2.45) is 39.0 Å². The van der Waals surface area contributed by atoms with Crippen LogP contribution in [0.2, 0.25) is 0 Å². The lowest BCUT2D eigenvalue weighted by molar-refractivity contribution is -0.886. The van der Waals surface area contributed by atoms with Crippen molar-refractivity contribution in [3.05, 3.63) is 0 Å². The molecule has 52 heavy (non-hydrogen) atoms. The molecule has 0 aromatic heterocycles. The van der Waals surface area contributed by atoms with Gasteiger partial charge in [0.2, 0.25) is 17.7 Å². The Kier molecular flexibility index (Phi) is 20.2. The first kappa shape index (κ1) is 47.3. The molecular formula is C32H61N11O9. The van der Waals surface area contributed by atoms with E-state index in [4.69, 9.17) is 22.3 Å². The fraction of sp³-hybridized carbons (Fsp3) is 0.750. The van der Waals surface area contributed by atoms with E-state index in [9.17, 15) is 39.0 Å². The number of carboxylic acids is 2. The van der Waals surface area contributed by atoms with Gasteiger partial charge in [-0.1, -0.05) is 27.7 Å². The van der Waals surface area contributed by atoms with Crippen LogP contribution in [-0.4, -0.2) is 152 Å². The normalized spacial score (nSPS) is 15.3. The number of rotatable bonds is 23. The van der Waals surface area contributed by atoms with E-state index in [2.05, 4.69) is 31.3 Å². The zero-order valence-corrected chi connectivity index (χ0v) is 31.8. The van der Waals surface area contributed by atoms with Gasteiger partial charge in [-0.15, -0.1) is 0 Å². The summed E-state index contributed by atoms with van der Waals surface area (Å²) in [6.45, 7) is 6.85. The number of nitrogens with two attached hydrogens (primary N) is 3. The van der Waals surface area contributed by atoms with Crippen molar-refractivity contribution in [3.8, 4) is 0 Å². The summed E-state index contributed by atoms with van der Waals surface area (Å²) in [5.74, 6) is -6.90. The van der Waals surface area contributed by atoms with E-state index in [1.165, 1.54) is 7.05 Å². The standard InChI is InChI=1S/C32H61N11O9/c1-17(2)24(41-28(49)25(18(3)4)40-26(47)22(43(7,8)9)11-10-14-37-31(33)34)27(48)39-20(15-19(44)16-38-32(35)36-5)29(50)42(6)21(30(51)52)12-13-23(45)46/h17-22,24-25,44H,10-16H2,1-9H3,(H11-,33,34,35,36,37,38,39,40,41,45,46,47,48,49,51,52)/t19-,20-,21-,22-,24+,25+/m1/s1. The molecule has 12 N–H and O–H groups in total. The molecule has 20 heteroatoms. The molecule has 0 aliphatic heterocycles. The summed E-state index contributed by atoms with van der Waals surface area (Å²) in [6.07, 6.45) is -1.90. The van der Waals surface area contributed by atoms with Gasteiger partial charge in [-0.2, -0.15) is 0 Å². The first-order valence-electron chi connectivity index (χ1n) is 17.1. The number of quaternary nitrogens is 1. The highest BCUT2D eigenvalue weighted by molar-refractivity contribution is 5.95. The number of nitrogens with zero attached hydrogens (tertiary/aromatic N) is 4. The number of amides is 4. The number of aliphatic hydroxyl groups is 1. The molecule has 0 aromatic rings. The van der Waals surface area contributed by atoms with E-state index < -0.39 is 103 Å². The quantitative estimate of drug-likeness (QED) is 0.0207. The van der Waals surface area contributed by atoms with E-state index in [0.717, 1.165) is 11.9 Å². The van der Waals surface area contributed by atoms with Gasteiger partial charge in [0.1, 0.15) is 18.1 Å².